The van der Waals surface area contributed by atoms with Crippen LogP contribution in [-0.2, 0) is 14.8 Å². The minimum Gasteiger partial charge on any atom is -0.399 e. The minimum atomic E-state index is -3.80. The lowest BCUT2D eigenvalue weighted by Crippen LogP contribution is -2.46. The second-order valence-electron chi connectivity index (χ2n) is 4.41. The second-order valence-corrected chi connectivity index (χ2v) is 6.31. The van der Waals surface area contributed by atoms with Crippen LogP contribution in [0, 0.1) is 11.3 Å². The number of nitrogens with zero attached hydrogens (tertiary/aromatic N) is 2. The summed E-state index contributed by atoms with van der Waals surface area (Å²) in [6.45, 7) is 0.211. The van der Waals surface area contributed by atoms with E-state index in [1.165, 1.54) is 22.5 Å². The summed E-state index contributed by atoms with van der Waals surface area (Å²) in [6.07, 6.45) is -0.544. The van der Waals surface area contributed by atoms with Gasteiger partial charge in [0.1, 0.15) is 11.0 Å². The van der Waals surface area contributed by atoms with Crippen molar-refractivity contribution >= 4 is 15.7 Å². The van der Waals surface area contributed by atoms with Crippen molar-refractivity contribution < 1.29 is 18.3 Å². The predicted octanol–water partition coefficient (Wildman–Crippen LogP) is -0.478. The van der Waals surface area contributed by atoms with E-state index in [9.17, 15) is 8.42 Å². The highest BCUT2D eigenvalue weighted by Gasteiger charge is 2.32. The Morgan fingerprint density at radius 2 is 2.30 bits per heavy atom. The van der Waals surface area contributed by atoms with Crippen LogP contribution in [0.3, 0.4) is 0 Å². The molecule has 108 valence electrons. The molecule has 0 spiro atoms. The van der Waals surface area contributed by atoms with E-state index >= 15 is 0 Å². The van der Waals surface area contributed by atoms with Crippen molar-refractivity contribution in [3.8, 4) is 6.07 Å². The molecule has 1 aromatic rings. The van der Waals surface area contributed by atoms with E-state index in [-0.39, 0.29) is 36.8 Å². The zero-order valence-electron chi connectivity index (χ0n) is 10.7. The van der Waals surface area contributed by atoms with Gasteiger partial charge in [0.05, 0.1) is 24.9 Å². The number of benzene rings is 1. The van der Waals surface area contributed by atoms with Crippen LogP contribution in [0.15, 0.2) is 23.1 Å². The number of hydrogen-bond acceptors (Lipinski definition) is 6. The van der Waals surface area contributed by atoms with Crippen molar-refractivity contribution in [1.29, 1.82) is 5.26 Å². The number of hydrogen-bond donors (Lipinski definition) is 2. The van der Waals surface area contributed by atoms with E-state index in [1.54, 1.807) is 0 Å². The molecule has 1 aliphatic rings. The van der Waals surface area contributed by atoms with E-state index in [0.717, 1.165) is 0 Å². The van der Waals surface area contributed by atoms with Gasteiger partial charge in [-0.1, -0.05) is 0 Å². The first-order valence-corrected chi connectivity index (χ1v) is 7.45. The molecule has 20 heavy (non-hydrogen) atoms. The van der Waals surface area contributed by atoms with Crippen LogP contribution in [0.1, 0.15) is 5.56 Å². The summed E-state index contributed by atoms with van der Waals surface area (Å²) in [5.74, 6) is 0. The Labute approximate surface area is 117 Å². The fraction of sp³-hybridized carbons (Fsp3) is 0.417. The normalized spacial score (nSPS) is 20.5. The summed E-state index contributed by atoms with van der Waals surface area (Å²) in [5.41, 5.74) is 5.90. The molecule has 1 aromatic carbocycles. The second kappa shape index (κ2) is 5.76. The molecule has 1 unspecified atom stereocenters. The van der Waals surface area contributed by atoms with Crippen LogP contribution in [0.2, 0.25) is 0 Å². The first kappa shape index (κ1) is 14.7. The van der Waals surface area contributed by atoms with E-state index < -0.39 is 16.1 Å². The number of sulfonamides is 1. The summed E-state index contributed by atoms with van der Waals surface area (Å²) in [4.78, 5) is -0.0761. The average Bonchev–Trinajstić information content (AvgIpc) is 2.46. The molecule has 1 atom stereocenters. The molecule has 3 N–H and O–H groups in total. The van der Waals surface area contributed by atoms with Gasteiger partial charge in [0.15, 0.2) is 0 Å². The highest BCUT2D eigenvalue weighted by atomic mass is 32.2. The van der Waals surface area contributed by atoms with E-state index in [1.807, 2.05) is 6.07 Å². The van der Waals surface area contributed by atoms with Crippen molar-refractivity contribution in [2.24, 2.45) is 0 Å². The first-order chi connectivity index (χ1) is 9.48. The highest BCUT2D eigenvalue weighted by molar-refractivity contribution is 7.89. The van der Waals surface area contributed by atoms with Crippen LogP contribution in [0.5, 0.6) is 0 Å². The Hall–Kier alpha value is -1.66. The maximum atomic E-state index is 12.5. The molecule has 0 amide bonds. The number of nitriles is 1. The fourth-order valence-corrected chi connectivity index (χ4v) is 3.60. The van der Waals surface area contributed by atoms with E-state index in [2.05, 4.69) is 0 Å². The zero-order valence-corrected chi connectivity index (χ0v) is 11.5. The third kappa shape index (κ3) is 2.76. The Morgan fingerprint density at radius 1 is 1.55 bits per heavy atom. The van der Waals surface area contributed by atoms with Crippen LogP contribution < -0.4 is 5.73 Å². The summed E-state index contributed by atoms with van der Waals surface area (Å²) in [6, 6.07) is 5.94. The molecular weight excluding hydrogens is 282 g/mol. The lowest BCUT2D eigenvalue weighted by molar-refractivity contribution is -0.0304. The zero-order chi connectivity index (χ0) is 14.8. The van der Waals surface area contributed by atoms with Crippen molar-refractivity contribution in [3.63, 3.8) is 0 Å². The molecule has 0 bridgehead atoms. The van der Waals surface area contributed by atoms with Gasteiger partial charge in [0.25, 0.3) is 0 Å². The van der Waals surface area contributed by atoms with Gasteiger partial charge in [-0.3, -0.25) is 0 Å². The molecule has 0 radical (unpaired) electrons. The third-order valence-corrected chi connectivity index (χ3v) is 4.97. The Balaban J connectivity index is 2.38. The molecule has 1 heterocycles. The predicted molar refractivity (Wildman–Crippen MR) is 71.2 cm³/mol. The van der Waals surface area contributed by atoms with Gasteiger partial charge < -0.3 is 15.6 Å². The SMILES string of the molecule is N#Cc1cc(N)ccc1S(=O)(=O)N1CCOC(CO)C1. The number of nitrogen functional groups attached to an aromatic ring is 1. The van der Waals surface area contributed by atoms with Crippen molar-refractivity contribution in [1.82, 2.24) is 4.31 Å². The molecule has 7 nitrogen and oxygen atoms in total. The van der Waals surface area contributed by atoms with Crippen molar-refractivity contribution in [2.45, 2.75) is 11.0 Å². The van der Waals surface area contributed by atoms with Crippen molar-refractivity contribution in [2.75, 3.05) is 32.0 Å². The van der Waals surface area contributed by atoms with Crippen molar-refractivity contribution in [3.05, 3.63) is 23.8 Å². The number of aliphatic hydroxyl groups excluding tert-OH is 1. The third-order valence-electron chi connectivity index (χ3n) is 3.05. The Bertz CT molecular complexity index is 639. The average molecular weight is 297 g/mol. The van der Waals surface area contributed by atoms with Gasteiger partial charge >= 0.3 is 0 Å². The maximum Gasteiger partial charge on any atom is 0.244 e. The Kier molecular flexibility index (Phi) is 4.25. The number of nitrogens with two attached hydrogens (primary N) is 1. The minimum absolute atomic E-state index is 0.0111. The number of morpholine rings is 1. The molecule has 0 aromatic heterocycles. The highest BCUT2D eigenvalue weighted by Crippen LogP contribution is 2.23. The number of ether oxygens (including phenoxy) is 1. The smallest absolute Gasteiger partial charge is 0.244 e. The molecule has 0 saturated carbocycles. The standard InChI is InChI=1S/C12H15N3O4S/c13-6-9-5-10(14)1-2-12(9)20(17,18)15-3-4-19-11(7-15)8-16/h1-2,5,11,16H,3-4,7-8,14H2. The van der Waals surface area contributed by atoms with Crippen LogP contribution in [0.25, 0.3) is 0 Å². The fourth-order valence-electron chi connectivity index (χ4n) is 2.02. The lowest BCUT2D eigenvalue weighted by atomic mass is 10.2. The molecule has 1 saturated heterocycles. The quantitative estimate of drug-likeness (QED) is 0.728. The molecule has 2 rings (SSSR count). The largest absolute Gasteiger partial charge is 0.399 e. The number of anilines is 1. The number of aliphatic hydroxyl groups is 1. The molecule has 1 aliphatic heterocycles. The van der Waals surface area contributed by atoms with E-state index in [0.29, 0.717) is 5.69 Å². The monoisotopic (exact) mass is 297 g/mol. The molecule has 0 aliphatic carbocycles. The van der Waals surface area contributed by atoms with Crippen LogP contribution >= 0.6 is 0 Å². The summed E-state index contributed by atoms with van der Waals surface area (Å²) >= 11 is 0. The van der Waals surface area contributed by atoms with Gasteiger partial charge in [-0.2, -0.15) is 9.57 Å². The van der Waals surface area contributed by atoms with Gasteiger partial charge in [0, 0.05) is 18.8 Å². The lowest BCUT2D eigenvalue weighted by Gasteiger charge is -2.31. The van der Waals surface area contributed by atoms with E-state index in [4.69, 9.17) is 20.8 Å². The van der Waals surface area contributed by atoms with Crippen LogP contribution in [-0.4, -0.2) is 50.2 Å². The Morgan fingerprint density at radius 3 is 2.95 bits per heavy atom. The summed E-state index contributed by atoms with van der Waals surface area (Å²) in [5, 5.41) is 18.1. The summed E-state index contributed by atoms with van der Waals surface area (Å²) < 4.78 is 31.5. The number of rotatable bonds is 3. The van der Waals surface area contributed by atoms with Gasteiger partial charge in [0.2, 0.25) is 10.0 Å². The van der Waals surface area contributed by atoms with Gasteiger partial charge in [-0.25, -0.2) is 8.42 Å². The summed E-state index contributed by atoms with van der Waals surface area (Å²) in [7, 11) is -3.80. The maximum absolute atomic E-state index is 12.5. The molecule has 1 fully saturated rings. The van der Waals surface area contributed by atoms with Gasteiger partial charge in [-0.15, -0.1) is 0 Å². The first-order valence-electron chi connectivity index (χ1n) is 6.01. The van der Waals surface area contributed by atoms with Crippen LogP contribution in [0.4, 0.5) is 5.69 Å². The topological polar surface area (TPSA) is 117 Å². The molecular formula is C12H15N3O4S. The molecule has 8 heteroatoms. The van der Waals surface area contributed by atoms with Gasteiger partial charge in [-0.05, 0) is 18.2 Å².